The van der Waals surface area contributed by atoms with Crippen LogP contribution in [0.15, 0.2) is 48.9 Å². The molecule has 4 rings (SSSR count). The highest BCUT2D eigenvalue weighted by atomic mass is 16.5. The largest absolute Gasteiger partial charge is 0.372 e. The molecule has 7 nitrogen and oxygen atoms in total. The summed E-state index contributed by atoms with van der Waals surface area (Å²) in [5.74, 6) is 1.34. The molecule has 1 N–H and O–H groups in total. The van der Waals surface area contributed by atoms with Crippen molar-refractivity contribution in [3.63, 3.8) is 0 Å². The predicted molar refractivity (Wildman–Crippen MR) is 93.1 cm³/mol. The minimum absolute atomic E-state index is 0.104. The molecule has 25 heavy (non-hydrogen) atoms. The predicted octanol–water partition coefficient (Wildman–Crippen LogP) is 1.87. The molecule has 1 aliphatic heterocycles. The van der Waals surface area contributed by atoms with Crippen molar-refractivity contribution in [2.45, 2.75) is 19.1 Å². The van der Waals surface area contributed by atoms with Gasteiger partial charge in [-0.3, -0.25) is 4.68 Å². The molecule has 1 aromatic carbocycles. The number of para-hydroxylation sites is 1. The smallest absolute Gasteiger partial charge is 0.146 e. The standard InChI is InChI=1S/C18H22N6O/c1-23-16(7-9-21-23)18-14(8-10-25-18)11-19-12-17-20-13-22-24(17)15-5-3-2-4-6-15/h2-7,9,13-14,18-19H,8,10-12H2,1H3/t14-,18+/m0/s1. The molecule has 3 heterocycles. The first-order chi connectivity index (χ1) is 12.3. The topological polar surface area (TPSA) is 69.8 Å². The molecule has 0 bridgehead atoms. The third-order valence-corrected chi connectivity index (χ3v) is 4.67. The lowest BCUT2D eigenvalue weighted by atomic mass is 9.99. The van der Waals surface area contributed by atoms with Gasteiger partial charge in [-0.1, -0.05) is 18.2 Å². The van der Waals surface area contributed by atoms with Gasteiger partial charge in [0.05, 0.1) is 17.9 Å². The summed E-state index contributed by atoms with van der Waals surface area (Å²) in [6, 6.07) is 12.1. The van der Waals surface area contributed by atoms with Gasteiger partial charge in [-0.25, -0.2) is 9.67 Å². The van der Waals surface area contributed by atoms with Gasteiger partial charge in [0.2, 0.25) is 0 Å². The SMILES string of the molecule is Cn1nccc1[C@@H]1OCC[C@H]1CNCc1ncnn1-c1ccccc1. The van der Waals surface area contributed by atoms with Crippen molar-refractivity contribution in [2.75, 3.05) is 13.2 Å². The van der Waals surface area contributed by atoms with E-state index in [1.165, 1.54) is 0 Å². The van der Waals surface area contributed by atoms with Crippen molar-refractivity contribution in [2.24, 2.45) is 13.0 Å². The van der Waals surface area contributed by atoms with E-state index in [-0.39, 0.29) is 6.10 Å². The fraction of sp³-hybridized carbons (Fsp3) is 0.389. The van der Waals surface area contributed by atoms with E-state index in [1.807, 2.05) is 59.0 Å². The Morgan fingerprint density at radius 1 is 1.20 bits per heavy atom. The summed E-state index contributed by atoms with van der Waals surface area (Å²) in [6.07, 6.45) is 4.58. The van der Waals surface area contributed by atoms with Gasteiger partial charge in [0.15, 0.2) is 0 Å². The summed E-state index contributed by atoms with van der Waals surface area (Å²) >= 11 is 0. The molecule has 2 aromatic heterocycles. The number of ether oxygens (including phenoxy) is 1. The van der Waals surface area contributed by atoms with Crippen LogP contribution in [-0.4, -0.2) is 37.7 Å². The van der Waals surface area contributed by atoms with Crippen molar-refractivity contribution in [1.82, 2.24) is 29.9 Å². The minimum atomic E-state index is 0.104. The molecule has 7 heteroatoms. The van der Waals surface area contributed by atoms with Crippen molar-refractivity contribution >= 4 is 0 Å². The molecule has 130 valence electrons. The summed E-state index contributed by atoms with van der Waals surface area (Å²) in [5.41, 5.74) is 2.16. The fourth-order valence-corrected chi connectivity index (χ4v) is 3.37. The number of benzene rings is 1. The van der Waals surface area contributed by atoms with Gasteiger partial charge in [-0.15, -0.1) is 0 Å². The van der Waals surface area contributed by atoms with E-state index in [0.717, 1.165) is 36.8 Å². The van der Waals surface area contributed by atoms with Crippen LogP contribution in [0.1, 0.15) is 24.0 Å². The van der Waals surface area contributed by atoms with Gasteiger partial charge in [-0.05, 0) is 24.6 Å². The van der Waals surface area contributed by atoms with E-state index in [0.29, 0.717) is 12.5 Å². The van der Waals surface area contributed by atoms with Gasteiger partial charge in [0.25, 0.3) is 0 Å². The van der Waals surface area contributed by atoms with Gasteiger partial charge in [0.1, 0.15) is 18.3 Å². The Balaban J connectivity index is 1.39. The maximum atomic E-state index is 5.94. The highest BCUT2D eigenvalue weighted by molar-refractivity contribution is 5.30. The second kappa shape index (κ2) is 7.16. The van der Waals surface area contributed by atoms with Crippen molar-refractivity contribution in [1.29, 1.82) is 0 Å². The van der Waals surface area contributed by atoms with Crippen LogP contribution >= 0.6 is 0 Å². The minimum Gasteiger partial charge on any atom is -0.372 e. The summed E-state index contributed by atoms with van der Waals surface area (Å²) in [6.45, 7) is 2.34. The van der Waals surface area contributed by atoms with E-state index in [1.54, 1.807) is 6.33 Å². The summed E-state index contributed by atoms with van der Waals surface area (Å²) in [4.78, 5) is 4.38. The molecule has 0 amide bonds. The van der Waals surface area contributed by atoms with Gasteiger partial charge in [0, 0.05) is 32.3 Å². The van der Waals surface area contributed by atoms with Crippen LogP contribution in [0.5, 0.6) is 0 Å². The normalized spacial score (nSPS) is 20.2. The first-order valence-electron chi connectivity index (χ1n) is 8.57. The molecule has 2 atom stereocenters. The van der Waals surface area contributed by atoms with Gasteiger partial charge in [-0.2, -0.15) is 10.2 Å². The zero-order valence-electron chi connectivity index (χ0n) is 14.2. The number of nitrogens with one attached hydrogen (secondary N) is 1. The van der Waals surface area contributed by atoms with Crippen LogP contribution in [0.4, 0.5) is 0 Å². The number of hydrogen-bond donors (Lipinski definition) is 1. The van der Waals surface area contributed by atoms with Gasteiger partial charge >= 0.3 is 0 Å². The van der Waals surface area contributed by atoms with E-state index in [4.69, 9.17) is 4.74 Å². The average Bonchev–Trinajstić information content (AvgIpc) is 3.36. The zero-order chi connectivity index (χ0) is 17.1. The van der Waals surface area contributed by atoms with Crippen LogP contribution in [0.25, 0.3) is 5.69 Å². The lowest BCUT2D eigenvalue weighted by Crippen LogP contribution is -2.26. The lowest BCUT2D eigenvalue weighted by Gasteiger charge is -2.19. The molecule has 1 fully saturated rings. The Labute approximate surface area is 146 Å². The number of aromatic nitrogens is 5. The van der Waals surface area contributed by atoms with E-state index >= 15 is 0 Å². The average molecular weight is 338 g/mol. The highest BCUT2D eigenvalue weighted by Gasteiger charge is 2.31. The first kappa shape index (κ1) is 16.0. The molecular formula is C18H22N6O. The lowest BCUT2D eigenvalue weighted by molar-refractivity contribution is 0.0837. The molecule has 0 radical (unpaired) electrons. The Morgan fingerprint density at radius 2 is 2.08 bits per heavy atom. The number of hydrogen-bond acceptors (Lipinski definition) is 5. The number of aryl methyl sites for hydroxylation is 1. The Bertz CT molecular complexity index is 812. The quantitative estimate of drug-likeness (QED) is 0.743. The van der Waals surface area contributed by atoms with Crippen LogP contribution < -0.4 is 5.32 Å². The van der Waals surface area contributed by atoms with Crippen LogP contribution in [0.2, 0.25) is 0 Å². The van der Waals surface area contributed by atoms with Crippen molar-refractivity contribution in [3.05, 3.63) is 60.4 Å². The molecule has 1 saturated heterocycles. The molecule has 0 aliphatic carbocycles. The van der Waals surface area contributed by atoms with E-state index in [9.17, 15) is 0 Å². The molecule has 3 aromatic rings. The number of rotatable bonds is 6. The summed E-state index contributed by atoms with van der Waals surface area (Å²) < 4.78 is 9.71. The highest BCUT2D eigenvalue weighted by Crippen LogP contribution is 2.33. The maximum Gasteiger partial charge on any atom is 0.146 e. The monoisotopic (exact) mass is 338 g/mol. The van der Waals surface area contributed by atoms with Crippen molar-refractivity contribution < 1.29 is 4.74 Å². The Kier molecular flexibility index (Phi) is 4.58. The van der Waals surface area contributed by atoms with Gasteiger partial charge < -0.3 is 10.1 Å². The third-order valence-electron chi connectivity index (χ3n) is 4.67. The number of nitrogens with zero attached hydrogens (tertiary/aromatic N) is 5. The summed E-state index contributed by atoms with van der Waals surface area (Å²) in [5, 5.41) is 12.1. The van der Waals surface area contributed by atoms with Crippen LogP contribution in [0.3, 0.4) is 0 Å². The molecule has 0 saturated carbocycles. The molecule has 0 spiro atoms. The zero-order valence-corrected chi connectivity index (χ0v) is 14.2. The Hall–Kier alpha value is -2.51. The molecule has 1 aliphatic rings. The Morgan fingerprint density at radius 3 is 2.88 bits per heavy atom. The molecular weight excluding hydrogens is 316 g/mol. The maximum absolute atomic E-state index is 5.94. The van der Waals surface area contributed by atoms with E-state index in [2.05, 4.69) is 20.5 Å². The molecule has 0 unspecified atom stereocenters. The van der Waals surface area contributed by atoms with E-state index < -0.39 is 0 Å². The van der Waals surface area contributed by atoms with Crippen molar-refractivity contribution in [3.8, 4) is 5.69 Å². The van der Waals surface area contributed by atoms with Crippen LogP contribution in [-0.2, 0) is 18.3 Å². The summed E-state index contributed by atoms with van der Waals surface area (Å²) in [7, 11) is 1.96. The third kappa shape index (κ3) is 3.33. The first-order valence-corrected chi connectivity index (χ1v) is 8.57. The second-order valence-corrected chi connectivity index (χ2v) is 6.27. The second-order valence-electron chi connectivity index (χ2n) is 6.27. The van der Waals surface area contributed by atoms with Crippen LogP contribution in [0, 0.1) is 5.92 Å². The fourth-order valence-electron chi connectivity index (χ4n) is 3.37.